The number of hydrogen-bond acceptors (Lipinski definition) is 7. The Morgan fingerprint density at radius 3 is 2.65 bits per heavy atom. The molecule has 0 spiro atoms. The number of sulfonamides is 1. The molecule has 11 heteroatoms. The van der Waals surface area contributed by atoms with Gasteiger partial charge in [0, 0.05) is 38.0 Å². The largest absolute Gasteiger partial charge is 0.483 e. The molecule has 4 rings (SSSR count). The Morgan fingerprint density at radius 1 is 1.26 bits per heavy atom. The molecule has 1 aliphatic rings. The first-order valence-corrected chi connectivity index (χ1v) is 11.1. The molecule has 1 saturated heterocycles. The van der Waals surface area contributed by atoms with E-state index < -0.39 is 10.0 Å². The maximum atomic E-state index is 12.3. The fourth-order valence-corrected chi connectivity index (χ4v) is 4.50. The first-order chi connectivity index (χ1) is 14.9. The molecule has 1 fully saturated rings. The van der Waals surface area contributed by atoms with Crippen LogP contribution in [0.15, 0.2) is 53.4 Å². The second-order valence-corrected chi connectivity index (χ2v) is 9.32. The minimum Gasteiger partial charge on any atom is -0.483 e. The van der Waals surface area contributed by atoms with E-state index in [0.717, 1.165) is 5.56 Å². The van der Waals surface area contributed by atoms with Gasteiger partial charge in [0.2, 0.25) is 15.9 Å². The standard InChI is InChI=1S/C19H22N4O4S.CH2O2/c1-22(2)28(24,25)13-15-10-26-12-17(15)23-9-8-20-18(23)16-11-27-19(21-16)14-6-4-3-5-7-14;2-1-3/h3-9,11,15,17H,10,12-13H2,1-2H3;1H,(H,2,3)/t15-,17-;/m1./s1. The van der Waals surface area contributed by atoms with Crippen LogP contribution in [-0.2, 0) is 19.6 Å². The number of rotatable bonds is 6. The molecule has 2 aromatic heterocycles. The number of hydrogen-bond donors (Lipinski definition) is 1. The Kier molecular flexibility index (Phi) is 7.21. The molecule has 1 aromatic carbocycles. The van der Waals surface area contributed by atoms with Gasteiger partial charge in [0.05, 0.1) is 25.0 Å². The quantitative estimate of drug-likeness (QED) is 0.567. The molecule has 2 atom stereocenters. The van der Waals surface area contributed by atoms with Crippen LogP contribution in [-0.4, -0.2) is 71.9 Å². The van der Waals surface area contributed by atoms with Gasteiger partial charge in [0.1, 0.15) is 12.0 Å². The average molecular weight is 449 g/mol. The van der Waals surface area contributed by atoms with Crippen molar-refractivity contribution in [3.05, 3.63) is 49.0 Å². The lowest BCUT2D eigenvalue weighted by Gasteiger charge is -2.22. The number of imidazole rings is 1. The van der Waals surface area contributed by atoms with Crippen molar-refractivity contribution in [1.29, 1.82) is 0 Å². The van der Waals surface area contributed by atoms with Gasteiger partial charge in [-0.1, -0.05) is 18.2 Å². The fourth-order valence-electron chi connectivity index (χ4n) is 3.34. The number of oxazole rings is 1. The number of carboxylic acid groups (broad SMARTS) is 1. The second kappa shape index (κ2) is 9.86. The van der Waals surface area contributed by atoms with Crippen molar-refractivity contribution in [2.24, 2.45) is 5.92 Å². The zero-order chi connectivity index (χ0) is 22.4. The molecular weight excluding hydrogens is 424 g/mol. The summed E-state index contributed by atoms with van der Waals surface area (Å²) in [6.45, 7) is 0.573. The van der Waals surface area contributed by atoms with Crippen LogP contribution in [0.4, 0.5) is 0 Å². The van der Waals surface area contributed by atoms with E-state index in [9.17, 15) is 8.42 Å². The van der Waals surface area contributed by atoms with Gasteiger partial charge < -0.3 is 18.8 Å². The third kappa shape index (κ3) is 5.19. The topological polar surface area (TPSA) is 128 Å². The van der Waals surface area contributed by atoms with Crippen LogP contribution in [0, 0.1) is 5.92 Å². The van der Waals surface area contributed by atoms with Crippen LogP contribution < -0.4 is 0 Å². The van der Waals surface area contributed by atoms with Crippen LogP contribution in [0.3, 0.4) is 0 Å². The highest BCUT2D eigenvalue weighted by Gasteiger charge is 2.35. The average Bonchev–Trinajstić information content (AvgIpc) is 3.49. The molecule has 0 radical (unpaired) electrons. The molecule has 10 nitrogen and oxygen atoms in total. The molecule has 3 aromatic rings. The van der Waals surface area contributed by atoms with E-state index in [2.05, 4.69) is 9.97 Å². The first-order valence-electron chi connectivity index (χ1n) is 9.47. The zero-order valence-electron chi connectivity index (χ0n) is 17.2. The predicted molar refractivity (Wildman–Crippen MR) is 113 cm³/mol. The van der Waals surface area contributed by atoms with Gasteiger partial charge in [0.25, 0.3) is 6.47 Å². The Morgan fingerprint density at radius 2 is 1.97 bits per heavy atom. The predicted octanol–water partition coefficient (Wildman–Crippen LogP) is 1.98. The van der Waals surface area contributed by atoms with Crippen molar-refractivity contribution in [3.8, 4) is 23.0 Å². The summed E-state index contributed by atoms with van der Waals surface area (Å²) >= 11 is 0. The molecule has 0 bridgehead atoms. The van der Waals surface area contributed by atoms with Crippen molar-refractivity contribution in [3.63, 3.8) is 0 Å². The van der Waals surface area contributed by atoms with Gasteiger partial charge in [-0.3, -0.25) is 4.79 Å². The molecule has 1 aliphatic heterocycles. The number of nitrogens with zero attached hydrogens (tertiary/aromatic N) is 4. The molecule has 0 amide bonds. The minimum atomic E-state index is -3.33. The maximum Gasteiger partial charge on any atom is 0.290 e. The van der Waals surface area contributed by atoms with E-state index in [4.69, 9.17) is 19.1 Å². The molecule has 0 saturated carbocycles. The van der Waals surface area contributed by atoms with Gasteiger partial charge in [-0.2, -0.15) is 0 Å². The summed E-state index contributed by atoms with van der Waals surface area (Å²) in [6.07, 6.45) is 5.09. The minimum absolute atomic E-state index is 0.0242. The Hall–Kier alpha value is -3.02. The van der Waals surface area contributed by atoms with E-state index >= 15 is 0 Å². The molecule has 31 heavy (non-hydrogen) atoms. The van der Waals surface area contributed by atoms with Gasteiger partial charge in [-0.05, 0) is 12.1 Å². The fraction of sp³-hybridized carbons (Fsp3) is 0.350. The van der Waals surface area contributed by atoms with Crippen molar-refractivity contribution in [1.82, 2.24) is 18.8 Å². The van der Waals surface area contributed by atoms with Crippen LogP contribution >= 0.6 is 0 Å². The Labute approximate surface area is 180 Å². The van der Waals surface area contributed by atoms with Crippen molar-refractivity contribution < 1.29 is 27.5 Å². The Balaban J connectivity index is 0.000000858. The summed E-state index contributed by atoms with van der Waals surface area (Å²) in [5.74, 6) is 1.00. The van der Waals surface area contributed by atoms with Crippen molar-refractivity contribution in [2.75, 3.05) is 33.1 Å². The van der Waals surface area contributed by atoms with Crippen molar-refractivity contribution >= 4 is 16.5 Å². The lowest BCUT2D eigenvalue weighted by molar-refractivity contribution is -0.122. The molecule has 0 aliphatic carbocycles. The highest BCUT2D eigenvalue weighted by atomic mass is 32.2. The summed E-state index contributed by atoms with van der Waals surface area (Å²) in [4.78, 5) is 17.4. The molecule has 1 N–H and O–H groups in total. The van der Waals surface area contributed by atoms with E-state index in [-0.39, 0.29) is 24.2 Å². The third-order valence-electron chi connectivity index (χ3n) is 4.93. The van der Waals surface area contributed by atoms with Crippen LogP contribution in [0.5, 0.6) is 0 Å². The highest BCUT2D eigenvalue weighted by molar-refractivity contribution is 7.89. The summed E-state index contributed by atoms with van der Waals surface area (Å²) in [7, 11) is -0.240. The normalized spacial score (nSPS) is 18.5. The smallest absolute Gasteiger partial charge is 0.290 e. The van der Waals surface area contributed by atoms with Crippen molar-refractivity contribution in [2.45, 2.75) is 6.04 Å². The molecule has 3 heterocycles. The van der Waals surface area contributed by atoms with Gasteiger partial charge >= 0.3 is 0 Å². The lowest BCUT2D eigenvalue weighted by atomic mass is 10.1. The molecule has 166 valence electrons. The first kappa shape index (κ1) is 22.7. The van der Waals surface area contributed by atoms with Gasteiger partial charge in [-0.25, -0.2) is 22.7 Å². The number of aromatic nitrogens is 3. The van der Waals surface area contributed by atoms with Crippen LogP contribution in [0.25, 0.3) is 23.0 Å². The van der Waals surface area contributed by atoms with E-state index in [1.165, 1.54) is 4.31 Å². The summed E-state index contributed by atoms with van der Waals surface area (Å²) in [6, 6.07) is 9.49. The summed E-state index contributed by atoms with van der Waals surface area (Å²) in [5, 5.41) is 6.89. The van der Waals surface area contributed by atoms with Gasteiger partial charge in [0.15, 0.2) is 5.82 Å². The van der Waals surface area contributed by atoms with Gasteiger partial charge in [-0.15, -0.1) is 0 Å². The number of carbonyl (C=O) groups is 1. The maximum absolute atomic E-state index is 12.3. The summed E-state index contributed by atoms with van der Waals surface area (Å²) in [5.41, 5.74) is 1.48. The Bertz CT molecular complexity index is 1090. The SMILES string of the molecule is CN(C)S(=O)(=O)C[C@H]1COC[C@H]1n1ccnc1-c1coc(-c2ccccc2)n1.O=CO. The van der Waals surface area contributed by atoms with Crippen LogP contribution in [0.1, 0.15) is 6.04 Å². The van der Waals surface area contributed by atoms with Crippen LogP contribution in [0.2, 0.25) is 0 Å². The van der Waals surface area contributed by atoms with E-state index in [0.29, 0.717) is 30.6 Å². The molecule has 0 unspecified atom stereocenters. The molecular formula is C20H24N4O6S. The number of ether oxygens (including phenoxy) is 1. The highest BCUT2D eigenvalue weighted by Crippen LogP contribution is 2.32. The van der Waals surface area contributed by atoms with E-state index in [1.807, 2.05) is 41.1 Å². The lowest BCUT2D eigenvalue weighted by Crippen LogP contribution is -2.32. The zero-order valence-corrected chi connectivity index (χ0v) is 18.0. The van der Waals surface area contributed by atoms with E-state index in [1.54, 1.807) is 26.6 Å². The number of benzene rings is 1. The summed E-state index contributed by atoms with van der Waals surface area (Å²) < 4.78 is 39.1. The second-order valence-electron chi connectivity index (χ2n) is 7.09. The monoisotopic (exact) mass is 448 g/mol. The third-order valence-corrected chi connectivity index (χ3v) is 6.89.